The van der Waals surface area contributed by atoms with Crippen molar-refractivity contribution in [2.75, 3.05) is 0 Å². The molecule has 1 atom stereocenters. The molecule has 0 saturated carbocycles. The molecule has 0 fully saturated rings. The molecule has 2 nitrogen and oxygen atoms in total. The molecule has 0 aromatic heterocycles. The van der Waals surface area contributed by atoms with Gasteiger partial charge in [0.2, 0.25) is 0 Å². The smallest absolute Gasteiger partial charge is 0.128 e. The summed E-state index contributed by atoms with van der Waals surface area (Å²) in [6.07, 6.45) is 0. The molecule has 0 heterocycles. The van der Waals surface area contributed by atoms with Gasteiger partial charge in [-0.05, 0) is 36.8 Å². The third kappa shape index (κ3) is 3.19. The van der Waals surface area contributed by atoms with Gasteiger partial charge in [-0.25, -0.2) is 8.78 Å². The summed E-state index contributed by atoms with van der Waals surface area (Å²) in [6.45, 7) is 2.17. The molecule has 0 amide bonds. The standard InChI is InChI=1S/C16H14F2N2/c1-11(15-8-14(17)6-7-16(15)18)20-10-13-5-3-2-4-12(13)9-19/h2-8,11,20H,10H2,1H3. The van der Waals surface area contributed by atoms with Crippen LogP contribution in [0.3, 0.4) is 0 Å². The molecule has 1 unspecified atom stereocenters. The largest absolute Gasteiger partial charge is 0.306 e. The second-order valence-corrected chi connectivity index (χ2v) is 4.54. The highest BCUT2D eigenvalue weighted by Gasteiger charge is 2.12. The van der Waals surface area contributed by atoms with Crippen molar-refractivity contribution in [1.29, 1.82) is 5.26 Å². The summed E-state index contributed by atoms with van der Waals surface area (Å²) >= 11 is 0. The van der Waals surface area contributed by atoms with Crippen molar-refractivity contribution in [1.82, 2.24) is 5.32 Å². The second kappa shape index (κ2) is 6.27. The number of nitrogens with one attached hydrogen (secondary N) is 1. The van der Waals surface area contributed by atoms with Gasteiger partial charge in [0.1, 0.15) is 11.6 Å². The molecule has 0 spiro atoms. The SMILES string of the molecule is CC(NCc1ccccc1C#N)c1cc(F)ccc1F. The lowest BCUT2D eigenvalue weighted by Gasteiger charge is -2.15. The monoisotopic (exact) mass is 272 g/mol. The van der Waals surface area contributed by atoms with E-state index in [0.717, 1.165) is 17.7 Å². The Morgan fingerprint density at radius 3 is 2.70 bits per heavy atom. The average molecular weight is 272 g/mol. The molecule has 2 aromatic carbocycles. The van der Waals surface area contributed by atoms with E-state index in [1.54, 1.807) is 19.1 Å². The maximum atomic E-state index is 13.6. The topological polar surface area (TPSA) is 35.8 Å². The second-order valence-electron chi connectivity index (χ2n) is 4.54. The maximum absolute atomic E-state index is 13.6. The van der Waals surface area contributed by atoms with Crippen LogP contribution in [0, 0.1) is 23.0 Å². The van der Waals surface area contributed by atoms with Crippen LogP contribution < -0.4 is 5.32 Å². The zero-order valence-corrected chi connectivity index (χ0v) is 11.0. The maximum Gasteiger partial charge on any atom is 0.128 e. The van der Waals surface area contributed by atoms with Gasteiger partial charge in [-0.3, -0.25) is 0 Å². The lowest BCUT2D eigenvalue weighted by Crippen LogP contribution is -2.19. The fourth-order valence-corrected chi connectivity index (χ4v) is 2.00. The quantitative estimate of drug-likeness (QED) is 0.921. The molecule has 1 N–H and O–H groups in total. The summed E-state index contributed by atoms with van der Waals surface area (Å²) in [7, 11) is 0. The number of rotatable bonds is 4. The van der Waals surface area contributed by atoms with Crippen LogP contribution in [0.4, 0.5) is 8.78 Å². The van der Waals surface area contributed by atoms with E-state index < -0.39 is 11.6 Å². The van der Waals surface area contributed by atoms with Crippen LogP contribution in [0.25, 0.3) is 0 Å². The first kappa shape index (κ1) is 14.2. The van der Waals surface area contributed by atoms with Crippen LogP contribution in [-0.4, -0.2) is 0 Å². The van der Waals surface area contributed by atoms with Crippen LogP contribution in [0.5, 0.6) is 0 Å². The molecule has 0 saturated heterocycles. The van der Waals surface area contributed by atoms with Gasteiger partial charge in [0.25, 0.3) is 0 Å². The van der Waals surface area contributed by atoms with E-state index in [2.05, 4.69) is 11.4 Å². The predicted octanol–water partition coefficient (Wildman–Crippen LogP) is 3.69. The summed E-state index contributed by atoms with van der Waals surface area (Å²) in [5.41, 5.74) is 1.69. The highest BCUT2D eigenvalue weighted by Crippen LogP contribution is 2.19. The van der Waals surface area contributed by atoms with E-state index in [1.807, 2.05) is 12.1 Å². The van der Waals surface area contributed by atoms with Crippen LogP contribution in [0.1, 0.15) is 29.7 Å². The summed E-state index contributed by atoms with van der Waals surface area (Å²) < 4.78 is 26.8. The van der Waals surface area contributed by atoms with Gasteiger partial charge in [0, 0.05) is 18.2 Å². The van der Waals surface area contributed by atoms with Crippen molar-refractivity contribution in [2.24, 2.45) is 0 Å². The van der Waals surface area contributed by atoms with Gasteiger partial charge >= 0.3 is 0 Å². The van der Waals surface area contributed by atoms with Crippen molar-refractivity contribution in [2.45, 2.75) is 19.5 Å². The van der Waals surface area contributed by atoms with E-state index in [9.17, 15) is 8.78 Å². The highest BCUT2D eigenvalue weighted by molar-refractivity contribution is 5.37. The van der Waals surface area contributed by atoms with Crippen LogP contribution >= 0.6 is 0 Å². The fourth-order valence-electron chi connectivity index (χ4n) is 2.00. The van der Waals surface area contributed by atoms with Crippen LogP contribution in [0.2, 0.25) is 0 Å². The van der Waals surface area contributed by atoms with Crippen molar-refractivity contribution in [3.8, 4) is 6.07 Å². The summed E-state index contributed by atoms with van der Waals surface area (Å²) in [5.74, 6) is -0.910. The summed E-state index contributed by atoms with van der Waals surface area (Å²) in [6, 6.07) is 12.3. The number of hydrogen-bond donors (Lipinski definition) is 1. The lowest BCUT2D eigenvalue weighted by atomic mass is 10.1. The number of nitriles is 1. The van der Waals surface area contributed by atoms with Gasteiger partial charge in [-0.2, -0.15) is 5.26 Å². The van der Waals surface area contributed by atoms with Gasteiger partial charge in [0.05, 0.1) is 11.6 Å². The van der Waals surface area contributed by atoms with Crippen molar-refractivity contribution in [3.05, 3.63) is 70.8 Å². The fraction of sp³-hybridized carbons (Fsp3) is 0.188. The Hall–Kier alpha value is -2.25. The molecule has 2 aromatic rings. The molecule has 102 valence electrons. The Balaban J connectivity index is 2.11. The van der Waals surface area contributed by atoms with Gasteiger partial charge in [0.15, 0.2) is 0 Å². The first-order valence-corrected chi connectivity index (χ1v) is 6.28. The minimum absolute atomic E-state index is 0.277. The molecule has 2 rings (SSSR count). The Morgan fingerprint density at radius 1 is 1.20 bits per heavy atom. The number of halogens is 2. The van der Waals surface area contributed by atoms with Crippen LogP contribution in [-0.2, 0) is 6.54 Å². The van der Waals surface area contributed by atoms with Gasteiger partial charge in [-0.1, -0.05) is 18.2 Å². The molecule has 0 aliphatic heterocycles. The first-order chi connectivity index (χ1) is 9.61. The van der Waals surface area contributed by atoms with E-state index in [-0.39, 0.29) is 11.6 Å². The zero-order valence-electron chi connectivity index (χ0n) is 11.0. The van der Waals surface area contributed by atoms with Crippen molar-refractivity contribution >= 4 is 0 Å². The lowest BCUT2D eigenvalue weighted by molar-refractivity contribution is 0.518. The van der Waals surface area contributed by atoms with Crippen molar-refractivity contribution < 1.29 is 8.78 Å². The predicted molar refractivity (Wildman–Crippen MR) is 72.8 cm³/mol. The minimum Gasteiger partial charge on any atom is -0.306 e. The van der Waals surface area contributed by atoms with E-state index in [1.165, 1.54) is 6.07 Å². The molecule has 0 bridgehead atoms. The highest BCUT2D eigenvalue weighted by atomic mass is 19.1. The molecular formula is C16H14F2N2. The third-order valence-electron chi connectivity index (χ3n) is 3.16. The van der Waals surface area contributed by atoms with E-state index in [4.69, 9.17) is 5.26 Å². The number of benzene rings is 2. The Bertz CT molecular complexity index is 647. The zero-order chi connectivity index (χ0) is 14.5. The summed E-state index contributed by atoms with van der Waals surface area (Å²) in [5, 5.41) is 12.1. The Morgan fingerprint density at radius 2 is 1.95 bits per heavy atom. The minimum atomic E-state index is -0.465. The molecule has 0 radical (unpaired) electrons. The summed E-state index contributed by atoms with van der Waals surface area (Å²) in [4.78, 5) is 0. The third-order valence-corrected chi connectivity index (χ3v) is 3.16. The van der Waals surface area contributed by atoms with Crippen molar-refractivity contribution in [3.63, 3.8) is 0 Å². The Kier molecular flexibility index (Phi) is 4.44. The van der Waals surface area contributed by atoms with Crippen LogP contribution in [0.15, 0.2) is 42.5 Å². The first-order valence-electron chi connectivity index (χ1n) is 6.28. The molecule has 20 heavy (non-hydrogen) atoms. The molecule has 4 heteroatoms. The average Bonchev–Trinajstić information content (AvgIpc) is 2.47. The molecular weight excluding hydrogens is 258 g/mol. The number of nitrogens with zero attached hydrogens (tertiary/aromatic N) is 1. The number of hydrogen-bond acceptors (Lipinski definition) is 2. The Labute approximate surface area is 116 Å². The van der Waals surface area contributed by atoms with E-state index in [0.29, 0.717) is 12.1 Å². The van der Waals surface area contributed by atoms with Gasteiger partial charge in [-0.15, -0.1) is 0 Å². The molecule has 0 aliphatic rings. The van der Waals surface area contributed by atoms with Gasteiger partial charge < -0.3 is 5.32 Å². The van der Waals surface area contributed by atoms with E-state index >= 15 is 0 Å². The molecule has 0 aliphatic carbocycles. The normalized spacial score (nSPS) is 11.9.